The van der Waals surface area contributed by atoms with E-state index in [1.807, 2.05) is 19.0 Å². The van der Waals surface area contributed by atoms with Crippen molar-refractivity contribution < 1.29 is 37.6 Å². The topological polar surface area (TPSA) is 112 Å². The summed E-state index contributed by atoms with van der Waals surface area (Å²) in [6.45, 7) is 4.30. The van der Waals surface area contributed by atoms with E-state index in [1.54, 1.807) is 0 Å². The Kier molecular flexibility index (Phi) is 37.6. The van der Waals surface area contributed by atoms with E-state index in [2.05, 4.69) is 38.2 Å². The molecule has 10 heteroatoms. The molecule has 0 amide bonds. The van der Waals surface area contributed by atoms with Gasteiger partial charge in [-0.1, -0.05) is 160 Å². The molecule has 0 saturated carbocycles. The lowest BCUT2D eigenvalue weighted by Crippen LogP contribution is -2.29. The summed E-state index contributed by atoms with van der Waals surface area (Å²) < 4.78 is 33.4. The van der Waals surface area contributed by atoms with Crippen LogP contribution in [0.3, 0.4) is 0 Å². The average molecular weight is 772 g/mol. The van der Waals surface area contributed by atoms with Crippen molar-refractivity contribution in [3.05, 3.63) is 24.3 Å². The predicted octanol–water partition coefficient (Wildman–Crippen LogP) is 12.2. The first-order valence-electron chi connectivity index (χ1n) is 21.6. The highest BCUT2D eigenvalue weighted by atomic mass is 31.2. The lowest BCUT2D eigenvalue weighted by molar-refractivity contribution is -0.161. The van der Waals surface area contributed by atoms with Crippen LogP contribution < -0.4 is 0 Å². The van der Waals surface area contributed by atoms with Crippen LogP contribution in [0.4, 0.5) is 0 Å². The molecule has 0 bridgehead atoms. The summed E-state index contributed by atoms with van der Waals surface area (Å²) >= 11 is 0. The van der Waals surface area contributed by atoms with Gasteiger partial charge in [0.2, 0.25) is 0 Å². The van der Waals surface area contributed by atoms with Gasteiger partial charge in [0.05, 0.1) is 13.2 Å². The summed E-state index contributed by atoms with van der Waals surface area (Å²) in [6.07, 6.45) is 39.3. The molecule has 2 unspecified atom stereocenters. The van der Waals surface area contributed by atoms with Gasteiger partial charge in [-0.2, -0.15) is 0 Å². The number of hydrogen-bond acceptors (Lipinski definition) is 8. The van der Waals surface area contributed by atoms with Crippen molar-refractivity contribution >= 4 is 19.8 Å². The molecule has 0 spiro atoms. The Bertz CT molecular complexity index is 941. The largest absolute Gasteiger partial charge is 0.472 e. The third-order valence-electron chi connectivity index (χ3n) is 9.26. The number of hydrogen-bond donors (Lipinski definition) is 1. The summed E-state index contributed by atoms with van der Waals surface area (Å²) in [5.74, 6) is -0.806. The number of phosphoric acid groups is 1. The molecule has 0 heterocycles. The number of ether oxygens (including phenoxy) is 2. The van der Waals surface area contributed by atoms with Crippen molar-refractivity contribution in [2.45, 2.75) is 200 Å². The van der Waals surface area contributed by atoms with Gasteiger partial charge in [-0.05, 0) is 59.0 Å². The molecule has 0 fully saturated rings. The summed E-state index contributed by atoms with van der Waals surface area (Å²) in [5, 5.41) is 0. The Hall–Kier alpha value is -1.51. The fraction of sp³-hybridized carbons (Fsp3) is 0.860. The molecule has 0 saturated heterocycles. The van der Waals surface area contributed by atoms with Gasteiger partial charge in [0.1, 0.15) is 6.61 Å². The third-order valence-corrected chi connectivity index (χ3v) is 10.2. The summed E-state index contributed by atoms with van der Waals surface area (Å²) in [4.78, 5) is 37.0. The van der Waals surface area contributed by atoms with Crippen molar-refractivity contribution in [3.8, 4) is 0 Å². The Morgan fingerprint density at radius 1 is 0.585 bits per heavy atom. The maximum atomic E-state index is 12.6. The SMILES string of the molecule is CCCCC/C=C\C/C=C\CCCCCCCCCC(=O)OC(COC(=O)CCCCCCCCCCCCCCC)COP(=O)(O)OCCN(C)C. The second-order valence-corrected chi connectivity index (χ2v) is 16.3. The minimum Gasteiger partial charge on any atom is -0.462 e. The molecule has 0 aliphatic heterocycles. The summed E-state index contributed by atoms with van der Waals surface area (Å²) in [7, 11) is -0.710. The van der Waals surface area contributed by atoms with Crippen LogP contribution in [-0.4, -0.2) is 68.3 Å². The van der Waals surface area contributed by atoms with Gasteiger partial charge in [-0.15, -0.1) is 0 Å². The van der Waals surface area contributed by atoms with E-state index in [0.717, 1.165) is 51.4 Å². The van der Waals surface area contributed by atoms with Crippen LogP contribution in [0.1, 0.15) is 194 Å². The Morgan fingerprint density at radius 2 is 1.02 bits per heavy atom. The molecule has 0 radical (unpaired) electrons. The number of rotatable bonds is 40. The zero-order valence-corrected chi connectivity index (χ0v) is 35.6. The van der Waals surface area contributed by atoms with Gasteiger partial charge in [0.25, 0.3) is 0 Å². The molecule has 0 aromatic carbocycles. The number of allylic oxidation sites excluding steroid dienone is 4. The number of phosphoric ester groups is 1. The number of nitrogens with zero attached hydrogens (tertiary/aromatic N) is 1. The third kappa shape index (κ3) is 40.0. The van der Waals surface area contributed by atoms with Gasteiger partial charge < -0.3 is 19.3 Å². The highest BCUT2D eigenvalue weighted by Gasteiger charge is 2.26. The average Bonchev–Trinajstić information content (AvgIpc) is 3.12. The first-order chi connectivity index (χ1) is 25.7. The second kappa shape index (κ2) is 38.8. The first kappa shape index (κ1) is 51.5. The Balaban J connectivity index is 4.29. The first-order valence-corrected chi connectivity index (χ1v) is 23.1. The van der Waals surface area contributed by atoms with Crippen molar-refractivity contribution in [1.29, 1.82) is 0 Å². The van der Waals surface area contributed by atoms with Gasteiger partial charge in [-0.25, -0.2) is 4.57 Å². The lowest BCUT2D eigenvalue weighted by Gasteiger charge is -2.20. The van der Waals surface area contributed by atoms with Crippen LogP contribution in [0.25, 0.3) is 0 Å². The number of carbonyl (C=O) groups excluding carboxylic acids is 2. The standard InChI is InChI=1S/C43H82NO8P/c1-5-7-9-11-13-15-17-19-20-21-22-24-26-28-30-32-34-36-43(46)52-41(40-51-53(47,48)50-38-37-44(3)4)39-49-42(45)35-33-31-29-27-25-23-18-16-14-12-10-8-6-2/h13,15,19-20,41H,5-12,14,16-18,21-40H2,1-4H3,(H,47,48)/b15-13-,20-19-. The number of carbonyl (C=O) groups is 2. The summed E-state index contributed by atoms with van der Waals surface area (Å²) in [6, 6.07) is 0. The van der Waals surface area contributed by atoms with Gasteiger partial charge in [0, 0.05) is 19.4 Å². The lowest BCUT2D eigenvalue weighted by atomic mass is 10.0. The van der Waals surface area contributed by atoms with Crippen molar-refractivity contribution in [2.75, 3.05) is 40.5 Å². The Labute approximate surface area is 326 Å². The molecular formula is C43H82NO8P. The minimum absolute atomic E-state index is 0.00746. The van der Waals surface area contributed by atoms with E-state index in [1.165, 1.54) is 109 Å². The molecule has 0 aliphatic rings. The van der Waals surface area contributed by atoms with Crippen molar-refractivity contribution in [1.82, 2.24) is 4.90 Å². The number of esters is 2. The fourth-order valence-corrected chi connectivity index (χ4v) is 6.64. The van der Waals surface area contributed by atoms with Crippen molar-refractivity contribution in [2.24, 2.45) is 0 Å². The molecule has 0 aliphatic carbocycles. The van der Waals surface area contributed by atoms with Crippen LogP contribution in [-0.2, 0) is 32.7 Å². The fourth-order valence-electron chi connectivity index (χ4n) is 5.89. The monoisotopic (exact) mass is 772 g/mol. The quantitative estimate of drug-likeness (QED) is 0.0281. The maximum absolute atomic E-state index is 12.6. The van der Waals surface area contributed by atoms with Gasteiger partial charge >= 0.3 is 19.8 Å². The zero-order chi connectivity index (χ0) is 39.1. The molecule has 0 rings (SSSR count). The zero-order valence-electron chi connectivity index (χ0n) is 34.7. The van der Waals surface area contributed by atoms with Crippen molar-refractivity contribution in [3.63, 3.8) is 0 Å². The summed E-state index contributed by atoms with van der Waals surface area (Å²) in [5.41, 5.74) is 0. The predicted molar refractivity (Wildman–Crippen MR) is 220 cm³/mol. The van der Waals surface area contributed by atoms with Crippen LogP contribution in [0, 0.1) is 0 Å². The smallest absolute Gasteiger partial charge is 0.462 e. The highest BCUT2D eigenvalue weighted by molar-refractivity contribution is 7.47. The van der Waals surface area contributed by atoms with E-state index >= 15 is 0 Å². The Morgan fingerprint density at radius 3 is 1.53 bits per heavy atom. The van der Waals surface area contributed by atoms with Crippen LogP contribution in [0.2, 0.25) is 0 Å². The normalized spacial score (nSPS) is 13.6. The molecule has 9 nitrogen and oxygen atoms in total. The molecule has 1 N–H and O–H groups in total. The second-order valence-electron chi connectivity index (χ2n) is 14.9. The maximum Gasteiger partial charge on any atom is 0.472 e. The number of unbranched alkanes of at least 4 members (excludes halogenated alkanes) is 22. The van der Waals surface area contributed by atoms with E-state index in [4.69, 9.17) is 18.5 Å². The van der Waals surface area contributed by atoms with E-state index in [9.17, 15) is 19.0 Å². The van der Waals surface area contributed by atoms with Gasteiger partial charge in [-0.3, -0.25) is 18.6 Å². The molecule has 53 heavy (non-hydrogen) atoms. The van der Waals surface area contributed by atoms with E-state index in [0.29, 0.717) is 19.4 Å². The molecule has 312 valence electrons. The molecule has 0 aromatic heterocycles. The van der Waals surface area contributed by atoms with Crippen LogP contribution in [0.15, 0.2) is 24.3 Å². The molecule has 2 atom stereocenters. The number of likely N-dealkylation sites (N-methyl/N-ethyl adjacent to an activating group) is 1. The van der Waals surface area contributed by atoms with E-state index in [-0.39, 0.29) is 25.6 Å². The van der Waals surface area contributed by atoms with E-state index < -0.39 is 26.5 Å². The minimum atomic E-state index is -4.36. The van der Waals surface area contributed by atoms with Crippen LogP contribution in [0.5, 0.6) is 0 Å². The molecular weight excluding hydrogens is 689 g/mol. The highest BCUT2D eigenvalue weighted by Crippen LogP contribution is 2.43. The molecule has 0 aromatic rings. The van der Waals surface area contributed by atoms with Crippen LogP contribution >= 0.6 is 7.82 Å². The van der Waals surface area contributed by atoms with Gasteiger partial charge in [0.15, 0.2) is 6.10 Å².